The van der Waals surface area contributed by atoms with Crippen LogP contribution in [0.5, 0.6) is 0 Å². The van der Waals surface area contributed by atoms with Gasteiger partial charge in [0.2, 0.25) is 11.8 Å². The highest BCUT2D eigenvalue weighted by Gasteiger charge is 2.28. The second kappa shape index (κ2) is 4.39. The van der Waals surface area contributed by atoms with E-state index in [1.807, 2.05) is 7.05 Å². The third-order valence-electron chi connectivity index (χ3n) is 2.56. The maximum atomic E-state index is 11.5. The zero-order valence-electron chi connectivity index (χ0n) is 8.64. The van der Waals surface area contributed by atoms with Crippen LogP contribution in [0.2, 0.25) is 0 Å². The third kappa shape index (κ3) is 2.33. The van der Waals surface area contributed by atoms with E-state index in [9.17, 15) is 4.79 Å². The number of likely N-dealkylation sites (tertiary alicyclic amines) is 1. The van der Waals surface area contributed by atoms with E-state index in [4.69, 9.17) is 4.52 Å². The molecule has 0 aromatic carbocycles. The van der Waals surface area contributed by atoms with Crippen LogP contribution in [-0.2, 0) is 11.2 Å². The highest BCUT2D eigenvalue weighted by molar-refractivity contribution is 5.83. The van der Waals surface area contributed by atoms with E-state index in [1.165, 1.54) is 6.33 Å². The standard InChI is InChI=1S/C9H14N4O2/c1-13-5-3-7(9(13)14)10-4-2-8-11-6-12-15-8/h6-7,10H,2-5H2,1H3. The van der Waals surface area contributed by atoms with Gasteiger partial charge in [-0.25, -0.2) is 0 Å². The monoisotopic (exact) mass is 210 g/mol. The molecule has 0 spiro atoms. The lowest BCUT2D eigenvalue weighted by Gasteiger charge is -2.10. The molecule has 0 aliphatic carbocycles. The number of likely N-dealkylation sites (N-methyl/N-ethyl adjacent to an activating group) is 1. The van der Waals surface area contributed by atoms with Crippen molar-refractivity contribution in [1.29, 1.82) is 0 Å². The molecule has 1 atom stereocenters. The second-order valence-corrected chi connectivity index (χ2v) is 3.64. The molecule has 1 unspecified atom stereocenters. The van der Waals surface area contributed by atoms with Crippen molar-refractivity contribution in [2.45, 2.75) is 18.9 Å². The molecule has 15 heavy (non-hydrogen) atoms. The van der Waals surface area contributed by atoms with E-state index >= 15 is 0 Å². The Hall–Kier alpha value is -1.43. The fraction of sp³-hybridized carbons (Fsp3) is 0.667. The Morgan fingerprint density at radius 3 is 3.20 bits per heavy atom. The maximum absolute atomic E-state index is 11.5. The summed E-state index contributed by atoms with van der Waals surface area (Å²) in [5.41, 5.74) is 0. The summed E-state index contributed by atoms with van der Waals surface area (Å²) in [7, 11) is 1.82. The van der Waals surface area contributed by atoms with Crippen LogP contribution >= 0.6 is 0 Å². The number of hydrogen-bond donors (Lipinski definition) is 1. The number of hydrogen-bond acceptors (Lipinski definition) is 5. The van der Waals surface area contributed by atoms with Crippen molar-refractivity contribution >= 4 is 5.91 Å². The Kier molecular flexibility index (Phi) is 2.96. The van der Waals surface area contributed by atoms with Gasteiger partial charge < -0.3 is 14.7 Å². The van der Waals surface area contributed by atoms with Gasteiger partial charge >= 0.3 is 0 Å². The van der Waals surface area contributed by atoms with Crippen molar-refractivity contribution < 1.29 is 9.32 Å². The van der Waals surface area contributed by atoms with Crippen LogP contribution in [0.4, 0.5) is 0 Å². The van der Waals surface area contributed by atoms with Gasteiger partial charge in [0.15, 0.2) is 6.33 Å². The first-order valence-electron chi connectivity index (χ1n) is 5.01. The minimum Gasteiger partial charge on any atom is -0.344 e. The first-order valence-corrected chi connectivity index (χ1v) is 5.01. The van der Waals surface area contributed by atoms with Crippen LogP contribution in [0.25, 0.3) is 0 Å². The lowest BCUT2D eigenvalue weighted by atomic mass is 10.2. The predicted octanol–water partition coefficient (Wildman–Crippen LogP) is -0.568. The smallest absolute Gasteiger partial charge is 0.239 e. The molecule has 1 aliphatic rings. The van der Waals surface area contributed by atoms with Gasteiger partial charge in [-0.15, -0.1) is 0 Å². The van der Waals surface area contributed by atoms with Gasteiger partial charge in [0.1, 0.15) is 0 Å². The first-order chi connectivity index (χ1) is 7.27. The van der Waals surface area contributed by atoms with Crippen LogP contribution in [-0.4, -0.2) is 47.1 Å². The lowest BCUT2D eigenvalue weighted by Crippen LogP contribution is -2.37. The molecule has 0 bridgehead atoms. The van der Waals surface area contributed by atoms with Crippen molar-refractivity contribution in [3.63, 3.8) is 0 Å². The van der Waals surface area contributed by atoms with E-state index in [2.05, 4.69) is 15.5 Å². The van der Waals surface area contributed by atoms with Crippen molar-refractivity contribution in [2.24, 2.45) is 0 Å². The predicted molar refractivity (Wildman–Crippen MR) is 52.0 cm³/mol. The molecule has 2 rings (SSSR count). The highest BCUT2D eigenvalue weighted by atomic mass is 16.5. The molecule has 6 heteroatoms. The second-order valence-electron chi connectivity index (χ2n) is 3.64. The number of aromatic nitrogens is 2. The van der Waals surface area contributed by atoms with Gasteiger partial charge in [-0.05, 0) is 6.42 Å². The van der Waals surface area contributed by atoms with Crippen molar-refractivity contribution in [2.75, 3.05) is 20.1 Å². The molecular formula is C9H14N4O2. The zero-order chi connectivity index (χ0) is 10.7. The number of carbonyl (C=O) groups is 1. The topological polar surface area (TPSA) is 71.3 Å². The Bertz CT molecular complexity index is 325. The maximum Gasteiger partial charge on any atom is 0.239 e. The van der Waals surface area contributed by atoms with Gasteiger partial charge in [0, 0.05) is 26.6 Å². The van der Waals surface area contributed by atoms with E-state index in [0.717, 1.165) is 13.0 Å². The lowest BCUT2D eigenvalue weighted by molar-refractivity contribution is -0.128. The van der Waals surface area contributed by atoms with E-state index in [-0.39, 0.29) is 11.9 Å². The van der Waals surface area contributed by atoms with Gasteiger partial charge in [-0.3, -0.25) is 4.79 Å². The average molecular weight is 210 g/mol. The van der Waals surface area contributed by atoms with Crippen molar-refractivity contribution in [3.8, 4) is 0 Å². The summed E-state index contributed by atoms with van der Waals surface area (Å²) in [5, 5.41) is 6.69. The van der Waals surface area contributed by atoms with E-state index < -0.39 is 0 Å². The van der Waals surface area contributed by atoms with Crippen LogP contribution in [0.15, 0.2) is 10.9 Å². The largest absolute Gasteiger partial charge is 0.344 e. The summed E-state index contributed by atoms with van der Waals surface area (Å²) >= 11 is 0. The molecule has 1 aromatic heterocycles. The molecule has 82 valence electrons. The van der Waals surface area contributed by atoms with Crippen LogP contribution in [0.3, 0.4) is 0 Å². The molecule has 1 aliphatic heterocycles. The quantitative estimate of drug-likeness (QED) is 0.720. The Morgan fingerprint density at radius 2 is 2.60 bits per heavy atom. The highest BCUT2D eigenvalue weighted by Crippen LogP contribution is 2.08. The SMILES string of the molecule is CN1CCC(NCCc2ncno2)C1=O. The Morgan fingerprint density at radius 1 is 1.73 bits per heavy atom. The summed E-state index contributed by atoms with van der Waals surface area (Å²) < 4.78 is 4.85. The minimum absolute atomic E-state index is 0.0436. The summed E-state index contributed by atoms with van der Waals surface area (Å²) in [6, 6.07) is -0.0436. The molecule has 1 fully saturated rings. The van der Waals surface area contributed by atoms with E-state index in [0.29, 0.717) is 18.9 Å². The van der Waals surface area contributed by atoms with Crippen molar-refractivity contribution in [1.82, 2.24) is 20.4 Å². The molecule has 1 aromatic rings. The Labute approximate surface area is 87.6 Å². The fourth-order valence-corrected chi connectivity index (χ4v) is 1.67. The van der Waals surface area contributed by atoms with Gasteiger partial charge in [-0.1, -0.05) is 5.16 Å². The minimum atomic E-state index is -0.0436. The first kappa shape index (κ1) is 10.1. The summed E-state index contributed by atoms with van der Waals surface area (Å²) in [4.78, 5) is 17.2. The molecular weight excluding hydrogens is 196 g/mol. The normalized spacial score (nSPS) is 21.3. The number of rotatable bonds is 4. The Balaban J connectivity index is 1.73. The molecule has 6 nitrogen and oxygen atoms in total. The molecule has 1 N–H and O–H groups in total. The van der Waals surface area contributed by atoms with Gasteiger partial charge in [0.25, 0.3) is 0 Å². The fourth-order valence-electron chi connectivity index (χ4n) is 1.67. The molecule has 0 radical (unpaired) electrons. The molecule has 1 saturated heterocycles. The summed E-state index contributed by atoms with van der Waals surface area (Å²) in [5.74, 6) is 0.766. The van der Waals surface area contributed by atoms with E-state index in [1.54, 1.807) is 4.90 Å². The molecule has 0 saturated carbocycles. The zero-order valence-corrected chi connectivity index (χ0v) is 8.64. The van der Waals surface area contributed by atoms with Gasteiger partial charge in [-0.2, -0.15) is 4.98 Å². The number of nitrogens with zero attached hydrogens (tertiary/aromatic N) is 3. The van der Waals surface area contributed by atoms with Gasteiger partial charge in [0.05, 0.1) is 6.04 Å². The third-order valence-corrected chi connectivity index (χ3v) is 2.56. The van der Waals surface area contributed by atoms with Crippen LogP contribution in [0, 0.1) is 0 Å². The van der Waals surface area contributed by atoms with Crippen LogP contribution < -0.4 is 5.32 Å². The number of nitrogens with one attached hydrogen (secondary N) is 1. The number of amides is 1. The van der Waals surface area contributed by atoms with Crippen molar-refractivity contribution in [3.05, 3.63) is 12.2 Å². The molecule has 1 amide bonds. The summed E-state index contributed by atoms with van der Waals surface area (Å²) in [6.07, 6.45) is 2.91. The summed E-state index contributed by atoms with van der Waals surface area (Å²) in [6.45, 7) is 1.52. The molecule has 2 heterocycles. The van der Waals surface area contributed by atoms with Crippen LogP contribution in [0.1, 0.15) is 12.3 Å². The number of carbonyl (C=O) groups excluding carboxylic acids is 1. The average Bonchev–Trinajstić information content (AvgIpc) is 2.83.